The third kappa shape index (κ3) is 4.36. The Morgan fingerprint density at radius 2 is 2.12 bits per heavy atom. The minimum Gasteiger partial charge on any atom is -0.409 e. The molecule has 0 aliphatic heterocycles. The van der Waals surface area contributed by atoms with Gasteiger partial charge in [0.2, 0.25) is 0 Å². The molecule has 0 amide bonds. The second-order valence-corrected chi connectivity index (χ2v) is 3.83. The summed E-state index contributed by atoms with van der Waals surface area (Å²) >= 11 is 0. The normalized spacial score (nSPS) is 12.1. The number of nitrogens with zero attached hydrogens (tertiary/aromatic N) is 2. The molecule has 1 aromatic rings. The number of nitrogens with two attached hydrogens (primary N) is 1. The van der Waals surface area contributed by atoms with Crippen LogP contribution in [-0.4, -0.2) is 29.5 Å². The third-order valence-corrected chi connectivity index (χ3v) is 2.31. The molecule has 0 aromatic heterocycles. The second-order valence-electron chi connectivity index (χ2n) is 3.83. The van der Waals surface area contributed by atoms with Crippen LogP contribution in [0.5, 0.6) is 0 Å². The molecule has 0 aliphatic rings. The Morgan fingerprint density at radius 3 is 2.71 bits per heavy atom. The molecular weight excluding hydrogens is 228 g/mol. The first-order valence-electron chi connectivity index (χ1n) is 5.12. The predicted molar refractivity (Wildman–Crippen MR) is 60.7 cm³/mol. The zero-order chi connectivity index (χ0) is 12.8. The molecule has 4 nitrogen and oxygen atoms in total. The van der Waals surface area contributed by atoms with Crippen molar-refractivity contribution in [3.63, 3.8) is 0 Å². The fraction of sp³-hybridized carbons (Fsp3) is 0.364. The van der Waals surface area contributed by atoms with Gasteiger partial charge in [-0.3, -0.25) is 0 Å². The molecule has 6 heteroatoms. The van der Waals surface area contributed by atoms with Crippen molar-refractivity contribution < 1.29 is 14.0 Å². The maximum Gasteiger partial charge on any atom is 0.159 e. The van der Waals surface area contributed by atoms with E-state index in [1.165, 1.54) is 6.07 Å². The average Bonchev–Trinajstić information content (AvgIpc) is 2.31. The molecule has 94 valence electrons. The van der Waals surface area contributed by atoms with Crippen molar-refractivity contribution in [1.82, 2.24) is 4.90 Å². The molecule has 0 heterocycles. The molecule has 0 fully saturated rings. The lowest BCUT2D eigenvalue weighted by Gasteiger charge is -2.16. The van der Waals surface area contributed by atoms with Crippen molar-refractivity contribution in [3.05, 3.63) is 35.4 Å². The van der Waals surface area contributed by atoms with E-state index in [-0.39, 0.29) is 5.84 Å². The molecule has 1 aromatic carbocycles. The van der Waals surface area contributed by atoms with Gasteiger partial charge in [-0.25, -0.2) is 8.78 Å². The van der Waals surface area contributed by atoms with Crippen molar-refractivity contribution >= 4 is 5.84 Å². The molecule has 3 N–H and O–H groups in total. The van der Waals surface area contributed by atoms with E-state index in [0.29, 0.717) is 25.1 Å². The van der Waals surface area contributed by atoms with Crippen LogP contribution in [0.3, 0.4) is 0 Å². The highest BCUT2D eigenvalue weighted by atomic mass is 19.2. The molecule has 1 rings (SSSR count). The highest BCUT2D eigenvalue weighted by Gasteiger charge is 2.05. The molecule has 17 heavy (non-hydrogen) atoms. The number of halogens is 2. The Balaban J connectivity index is 2.50. The Labute approximate surface area is 98.3 Å². The minimum atomic E-state index is -0.854. The number of oxime groups is 1. The summed E-state index contributed by atoms with van der Waals surface area (Å²) in [6.07, 6.45) is 0.413. The lowest BCUT2D eigenvalue weighted by molar-refractivity contribution is 0.309. The Kier molecular flexibility index (Phi) is 4.84. The minimum absolute atomic E-state index is 0.141. The third-order valence-electron chi connectivity index (χ3n) is 2.31. The first kappa shape index (κ1) is 13.4. The van der Waals surface area contributed by atoms with Crippen LogP contribution < -0.4 is 5.73 Å². The summed E-state index contributed by atoms with van der Waals surface area (Å²) in [4.78, 5) is 1.87. The molecule has 0 spiro atoms. The van der Waals surface area contributed by atoms with E-state index in [4.69, 9.17) is 10.9 Å². The van der Waals surface area contributed by atoms with Crippen molar-refractivity contribution in [1.29, 1.82) is 0 Å². The van der Waals surface area contributed by atoms with Crippen LogP contribution in [0, 0.1) is 11.6 Å². The summed E-state index contributed by atoms with van der Waals surface area (Å²) < 4.78 is 25.6. The van der Waals surface area contributed by atoms with Gasteiger partial charge in [0.25, 0.3) is 0 Å². The van der Waals surface area contributed by atoms with Crippen LogP contribution in [0.15, 0.2) is 23.4 Å². The number of hydrogen-bond acceptors (Lipinski definition) is 3. The number of benzene rings is 1. The van der Waals surface area contributed by atoms with Crippen LogP contribution in [0.4, 0.5) is 8.78 Å². The van der Waals surface area contributed by atoms with E-state index in [1.807, 2.05) is 11.9 Å². The SMILES string of the molecule is CN(CC/C(N)=N/O)Cc1ccc(F)c(F)c1. The van der Waals surface area contributed by atoms with E-state index in [9.17, 15) is 8.78 Å². The Morgan fingerprint density at radius 1 is 1.41 bits per heavy atom. The second kappa shape index (κ2) is 6.15. The lowest BCUT2D eigenvalue weighted by Crippen LogP contribution is -2.24. The predicted octanol–water partition coefficient (Wildman–Crippen LogP) is 1.53. The van der Waals surface area contributed by atoms with Gasteiger partial charge >= 0.3 is 0 Å². The van der Waals surface area contributed by atoms with Crippen LogP contribution >= 0.6 is 0 Å². The fourth-order valence-electron chi connectivity index (χ4n) is 1.38. The Hall–Kier alpha value is -1.69. The quantitative estimate of drug-likeness (QED) is 0.357. The zero-order valence-electron chi connectivity index (χ0n) is 9.53. The van der Waals surface area contributed by atoms with Crippen LogP contribution in [0.1, 0.15) is 12.0 Å². The smallest absolute Gasteiger partial charge is 0.159 e. The standard InChI is InChI=1S/C11H15F2N3O/c1-16(5-4-11(14)15-17)7-8-2-3-9(12)10(13)6-8/h2-3,6,17H,4-5,7H2,1H3,(H2,14,15). The molecule has 0 atom stereocenters. The van der Waals surface area contributed by atoms with E-state index in [2.05, 4.69) is 5.16 Å². The van der Waals surface area contributed by atoms with Crippen molar-refractivity contribution in [2.24, 2.45) is 10.9 Å². The highest BCUT2D eigenvalue weighted by Crippen LogP contribution is 2.10. The van der Waals surface area contributed by atoms with Gasteiger partial charge in [-0.05, 0) is 24.7 Å². The first-order valence-corrected chi connectivity index (χ1v) is 5.12. The lowest BCUT2D eigenvalue weighted by atomic mass is 10.2. The summed E-state index contributed by atoms with van der Waals surface area (Å²) in [5, 5.41) is 11.2. The average molecular weight is 243 g/mol. The van der Waals surface area contributed by atoms with Gasteiger partial charge in [0.05, 0.1) is 0 Å². The molecule has 0 unspecified atom stereocenters. The molecule has 0 saturated heterocycles. The maximum absolute atomic E-state index is 12.9. The topological polar surface area (TPSA) is 61.8 Å². The van der Waals surface area contributed by atoms with Gasteiger partial charge in [-0.15, -0.1) is 0 Å². The summed E-state index contributed by atoms with van der Waals surface area (Å²) in [6.45, 7) is 1.03. The molecular formula is C11H15F2N3O. The van der Waals surface area contributed by atoms with Crippen molar-refractivity contribution in [2.75, 3.05) is 13.6 Å². The van der Waals surface area contributed by atoms with Gasteiger partial charge in [0.15, 0.2) is 11.6 Å². The van der Waals surface area contributed by atoms with Crippen LogP contribution in [-0.2, 0) is 6.54 Å². The summed E-state index contributed by atoms with van der Waals surface area (Å²) in [5.41, 5.74) is 5.99. The maximum atomic E-state index is 12.9. The van der Waals surface area contributed by atoms with E-state index in [1.54, 1.807) is 0 Å². The summed E-state index contributed by atoms with van der Waals surface area (Å²) in [7, 11) is 1.81. The van der Waals surface area contributed by atoms with Gasteiger partial charge in [0, 0.05) is 19.5 Å². The fourth-order valence-corrected chi connectivity index (χ4v) is 1.38. The largest absolute Gasteiger partial charge is 0.409 e. The zero-order valence-corrected chi connectivity index (χ0v) is 9.53. The molecule has 0 bridgehead atoms. The van der Waals surface area contributed by atoms with Gasteiger partial charge < -0.3 is 15.8 Å². The van der Waals surface area contributed by atoms with E-state index < -0.39 is 11.6 Å². The first-order chi connectivity index (χ1) is 8.02. The van der Waals surface area contributed by atoms with E-state index in [0.717, 1.165) is 12.1 Å². The van der Waals surface area contributed by atoms with E-state index >= 15 is 0 Å². The van der Waals surface area contributed by atoms with Gasteiger partial charge in [-0.1, -0.05) is 11.2 Å². The monoisotopic (exact) mass is 243 g/mol. The number of hydrogen-bond donors (Lipinski definition) is 2. The molecule has 0 saturated carbocycles. The summed E-state index contributed by atoms with van der Waals surface area (Å²) in [6, 6.07) is 3.79. The van der Waals surface area contributed by atoms with Crippen molar-refractivity contribution in [3.8, 4) is 0 Å². The van der Waals surface area contributed by atoms with Crippen LogP contribution in [0.2, 0.25) is 0 Å². The van der Waals surface area contributed by atoms with Gasteiger partial charge in [-0.2, -0.15) is 0 Å². The highest BCUT2D eigenvalue weighted by molar-refractivity contribution is 5.79. The number of amidine groups is 1. The summed E-state index contributed by atoms with van der Waals surface area (Å²) in [5.74, 6) is -1.57. The van der Waals surface area contributed by atoms with Crippen LogP contribution in [0.25, 0.3) is 0 Å². The number of rotatable bonds is 5. The Bertz CT molecular complexity index is 410. The van der Waals surface area contributed by atoms with Crippen molar-refractivity contribution in [2.45, 2.75) is 13.0 Å². The molecule has 0 radical (unpaired) electrons. The van der Waals surface area contributed by atoms with Gasteiger partial charge in [0.1, 0.15) is 5.84 Å². The molecule has 0 aliphatic carbocycles.